The molecule has 7 nitrogen and oxygen atoms in total. The zero-order chi connectivity index (χ0) is 22.0. The molecule has 2 amide bonds. The molecule has 1 aliphatic heterocycles. The number of rotatable bonds is 4. The maximum Gasteiger partial charge on any atom is 0.408 e. The molecule has 0 spiro atoms. The van der Waals surface area contributed by atoms with Crippen molar-refractivity contribution >= 4 is 18.0 Å². The predicted molar refractivity (Wildman–Crippen MR) is 110 cm³/mol. The molecule has 2 atom stereocenters. The summed E-state index contributed by atoms with van der Waals surface area (Å²) in [6.07, 6.45) is 3.50. The number of alkyl carbamates (subject to hydrolysis) is 1. The molecule has 2 aliphatic rings. The van der Waals surface area contributed by atoms with E-state index in [0.29, 0.717) is 6.42 Å². The van der Waals surface area contributed by atoms with Gasteiger partial charge in [-0.1, -0.05) is 32.9 Å². The fraction of sp³-hybridized carbons (Fsp3) is 0.773. The maximum absolute atomic E-state index is 13.4. The fourth-order valence-electron chi connectivity index (χ4n) is 3.74. The number of carbonyl (C=O) groups excluding carboxylic acids is 3. The molecule has 0 aromatic carbocycles. The molecule has 1 heterocycles. The van der Waals surface area contributed by atoms with E-state index in [2.05, 4.69) is 11.9 Å². The van der Waals surface area contributed by atoms with E-state index in [1.54, 1.807) is 20.8 Å². The van der Waals surface area contributed by atoms with Gasteiger partial charge in [-0.05, 0) is 51.9 Å². The van der Waals surface area contributed by atoms with Crippen LogP contribution in [0.4, 0.5) is 4.79 Å². The Morgan fingerprint density at radius 1 is 1.10 bits per heavy atom. The summed E-state index contributed by atoms with van der Waals surface area (Å²) >= 11 is 0. The highest BCUT2D eigenvalue weighted by Gasteiger charge is 2.44. The van der Waals surface area contributed by atoms with Crippen LogP contribution >= 0.6 is 0 Å². The highest BCUT2D eigenvalue weighted by molar-refractivity contribution is 5.91. The molecule has 0 unspecified atom stereocenters. The van der Waals surface area contributed by atoms with Gasteiger partial charge in [-0.3, -0.25) is 4.79 Å². The molecule has 1 saturated heterocycles. The average molecular weight is 409 g/mol. The number of likely N-dealkylation sites (tertiary alicyclic amines) is 1. The third-order valence-corrected chi connectivity index (χ3v) is 5.17. The molecule has 1 aliphatic carbocycles. The second kappa shape index (κ2) is 8.76. The Morgan fingerprint density at radius 2 is 1.69 bits per heavy atom. The van der Waals surface area contributed by atoms with Crippen molar-refractivity contribution in [3.8, 4) is 0 Å². The van der Waals surface area contributed by atoms with Crippen LogP contribution in [0.25, 0.3) is 0 Å². The lowest BCUT2D eigenvalue weighted by molar-refractivity contribution is -0.164. The van der Waals surface area contributed by atoms with Gasteiger partial charge >= 0.3 is 12.1 Å². The Hall–Kier alpha value is -2.05. The summed E-state index contributed by atoms with van der Waals surface area (Å²) in [5.41, 5.74) is -0.424. The maximum atomic E-state index is 13.4. The fourth-order valence-corrected chi connectivity index (χ4v) is 3.74. The summed E-state index contributed by atoms with van der Waals surface area (Å²) in [6.45, 7) is 15.2. The summed E-state index contributed by atoms with van der Waals surface area (Å²) in [7, 11) is 0. The highest BCUT2D eigenvalue weighted by Crippen LogP contribution is 2.29. The molecule has 0 aromatic heterocycles. The van der Waals surface area contributed by atoms with Gasteiger partial charge in [0.15, 0.2) is 0 Å². The zero-order valence-corrected chi connectivity index (χ0v) is 18.7. The first-order valence-corrected chi connectivity index (χ1v) is 10.4. The smallest absolute Gasteiger partial charge is 0.408 e. The Morgan fingerprint density at radius 3 is 2.21 bits per heavy atom. The average Bonchev–Trinajstić information content (AvgIpc) is 3.18. The molecule has 0 radical (unpaired) electrons. The largest absolute Gasteiger partial charge is 0.458 e. The van der Waals surface area contributed by atoms with Crippen LogP contribution in [0.15, 0.2) is 12.2 Å². The number of esters is 1. The lowest BCUT2D eigenvalue weighted by atomic mass is 9.85. The molecule has 164 valence electrons. The first kappa shape index (κ1) is 23.2. The minimum Gasteiger partial charge on any atom is -0.458 e. The second-order valence-corrected chi connectivity index (χ2v) is 10.2. The highest BCUT2D eigenvalue weighted by atomic mass is 16.6. The predicted octanol–water partition coefficient (Wildman–Crippen LogP) is 3.57. The van der Waals surface area contributed by atoms with Gasteiger partial charge in [0.25, 0.3) is 0 Å². The molecule has 29 heavy (non-hydrogen) atoms. The normalized spacial score (nSPS) is 21.8. The van der Waals surface area contributed by atoms with E-state index in [9.17, 15) is 14.4 Å². The van der Waals surface area contributed by atoms with E-state index in [-0.39, 0.29) is 18.6 Å². The summed E-state index contributed by atoms with van der Waals surface area (Å²) in [6, 6.07) is -1.56. The van der Waals surface area contributed by atoms with Crippen molar-refractivity contribution in [1.29, 1.82) is 0 Å². The first-order valence-electron chi connectivity index (χ1n) is 10.4. The van der Waals surface area contributed by atoms with Crippen molar-refractivity contribution in [3.05, 3.63) is 12.2 Å². The van der Waals surface area contributed by atoms with E-state index in [1.807, 2.05) is 20.8 Å². The van der Waals surface area contributed by atoms with Gasteiger partial charge in [0.2, 0.25) is 5.91 Å². The molecule has 7 heteroatoms. The topological polar surface area (TPSA) is 84.9 Å². The number of amides is 2. The molecule has 0 aromatic rings. The SMILES string of the molecule is C=C1C[C@@H](C(=O)OC(C)(C)C)N(C(=O)[C@@H](NC(=O)OC2CCCC2)C(C)(C)C)C1. The minimum atomic E-state index is -0.827. The molecule has 2 rings (SSSR count). The first-order chi connectivity index (χ1) is 13.3. The minimum absolute atomic E-state index is 0.0909. The zero-order valence-electron chi connectivity index (χ0n) is 18.7. The van der Waals surface area contributed by atoms with Crippen LogP contribution in [0.2, 0.25) is 0 Å². The second-order valence-electron chi connectivity index (χ2n) is 10.2. The summed E-state index contributed by atoms with van der Waals surface area (Å²) < 4.78 is 11.0. The molecule has 0 bridgehead atoms. The van der Waals surface area contributed by atoms with Crippen molar-refractivity contribution in [2.24, 2.45) is 5.41 Å². The molecular formula is C22H36N2O5. The summed E-state index contributed by atoms with van der Waals surface area (Å²) in [5.74, 6) is -0.777. The van der Waals surface area contributed by atoms with E-state index >= 15 is 0 Å². The Labute approximate surface area is 174 Å². The lowest BCUT2D eigenvalue weighted by Gasteiger charge is -2.35. The number of hydrogen-bond donors (Lipinski definition) is 1. The summed E-state index contributed by atoms with van der Waals surface area (Å²) in [4.78, 5) is 40.0. The lowest BCUT2D eigenvalue weighted by Crippen LogP contribution is -2.57. The standard InChI is InChI=1S/C22H36N2O5/c1-14-12-16(19(26)29-22(5,6)7)24(13-14)18(25)17(21(2,3)4)23-20(27)28-15-10-8-9-11-15/h15-17H,1,8-13H2,2-7H3,(H,23,27)/t16-,17+/m0/s1. The third kappa shape index (κ3) is 6.47. The molecule has 1 saturated carbocycles. The van der Waals surface area contributed by atoms with E-state index < -0.39 is 35.2 Å². The van der Waals surface area contributed by atoms with Crippen molar-refractivity contribution < 1.29 is 23.9 Å². The van der Waals surface area contributed by atoms with Gasteiger partial charge in [0, 0.05) is 13.0 Å². The van der Waals surface area contributed by atoms with Gasteiger partial charge in [0.1, 0.15) is 23.8 Å². The number of nitrogens with zero attached hydrogens (tertiary/aromatic N) is 1. The quantitative estimate of drug-likeness (QED) is 0.568. The van der Waals surface area contributed by atoms with Gasteiger partial charge in [-0.15, -0.1) is 0 Å². The van der Waals surface area contributed by atoms with Crippen LogP contribution in [-0.2, 0) is 19.1 Å². The molecular weight excluding hydrogens is 372 g/mol. The van der Waals surface area contributed by atoms with E-state index in [0.717, 1.165) is 31.3 Å². The van der Waals surface area contributed by atoms with Crippen LogP contribution in [-0.4, -0.2) is 53.2 Å². The van der Waals surface area contributed by atoms with E-state index in [4.69, 9.17) is 9.47 Å². The Bertz CT molecular complexity index is 653. The van der Waals surface area contributed by atoms with Crippen molar-refractivity contribution in [2.45, 2.75) is 97.4 Å². The number of ether oxygens (including phenoxy) is 2. The third-order valence-electron chi connectivity index (χ3n) is 5.17. The van der Waals surface area contributed by atoms with Crippen LogP contribution in [0, 0.1) is 5.41 Å². The number of carbonyl (C=O) groups is 3. The van der Waals surface area contributed by atoms with Gasteiger partial charge in [-0.25, -0.2) is 9.59 Å². The Kier molecular flexibility index (Phi) is 7.01. The molecule has 1 N–H and O–H groups in total. The van der Waals surface area contributed by atoms with Crippen LogP contribution < -0.4 is 5.32 Å². The van der Waals surface area contributed by atoms with Crippen LogP contribution in [0.5, 0.6) is 0 Å². The van der Waals surface area contributed by atoms with Crippen molar-refractivity contribution in [1.82, 2.24) is 10.2 Å². The van der Waals surface area contributed by atoms with Gasteiger partial charge < -0.3 is 19.7 Å². The van der Waals surface area contributed by atoms with Crippen molar-refractivity contribution in [3.63, 3.8) is 0 Å². The molecule has 2 fully saturated rings. The van der Waals surface area contributed by atoms with Gasteiger partial charge in [0.05, 0.1) is 0 Å². The number of nitrogens with one attached hydrogen (secondary N) is 1. The number of hydrogen-bond acceptors (Lipinski definition) is 5. The monoisotopic (exact) mass is 408 g/mol. The van der Waals surface area contributed by atoms with Gasteiger partial charge in [-0.2, -0.15) is 0 Å². The van der Waals surface area contributed by atoms with E-state index in [1.165, 1.54) is 4.90 Å². The van der Waals surface area contributed by atoms with Crippen molar-refractivity contribution in [2.75, 3.05) is 6.54 Å². The summed E-state index contributed by atoms with van der Waals surface area (Å²) in [5, 5.41) is 2.75. The van der Waals surface area contributed by atoms with Crippen LogP contribution in [0.1, 0.15) is 73.6 Å². The van der Waals surface area contributed by atoms with Crippen LogP contribution in [0.3, 0.4) is 0 Å². The Balaban J connectivity index is 2.14.